The molecule has 2 N–H and O–H groups in total. The molecule has 0 aromatic rings. The number of carbonyl (C=O) groups excluding carboxylic acids is 1. The number of carbonyl (C=O) groups is 1. The van der Waals surface area contributed by atoms with Gasteiger partial charge in [-0.1, -0.05) is 20.8 Å². The summed E-state index contributed by atoms with van der Waals surface area (Å²) in [5, 5.41) is 17.0. The van der Waals surface area contributed by atoms with E-state index in [1.165, 1.54) is 19.3 Å². The number of hydrogen-bond donors (Lipinski definition) is 2. The number of thioether (sulfide) groups is 1. The second-order valence-electron chi connectivity index (χ2n) is 11.4. The number of aliphatic hydroxyl groups is 1. The summed E-state index contributed by atoms with van der Waals surface area (Å²) in [7, 11) is 0. The lowest BCUT2D eigenvalue weighted by Crippen LogP contribution is -2.66. The van der Waals surface area contributed by atoms with Crippen molar-refractivity contribution in [3.05, 3.63) is 0 Å². The largest absolute Gasteiger partial charge is 0.389 e. The highest BCUT2D eigenvalue weighted by Crippen LogP contribution is 2.68. The molecule has 5 rings (SSSR count). The van der Waals surface area contributed by atoms with Crippen molar-refractivity contribution in [3.8, 4) is 0 Å². The minimum absolute atomic E-state index is 0.0350. The van der Waals surface area contributed by atoms with E-state index in [0.29, 0.717) is 34.7 Å². The van der Waals surface area contributed by atoms with E-state index >= 15 is 0 Å². The van der Waals surface area contributed by atoms with Gasteiger partial charge in [0, 0.05) is 28.9 Å². The van der Waals surface area contributed by atoms with Crippen molar-refractivity contribution >= 4 is 17.5 Å². The molecule has 1 aliphatic heterocycles. The summed E-state index contributed by atoms with van der Waals surface area (Å²) in [6.07, 6.45) is 9.94. The molecule has 3 nitrogen and oxygen atoms in total. The molecule has 5 aliphatic rings. The van der Waals surface area contributed by atoms with Gasteiger partial charge in [-0.15, -0.1) is 0 Å². The summed E-state index contributed by atoms with van der Waals surface area (Å²) in [5.41, 5.74) is -0.547. The van der Waals surface area contributed by atoms with Crippen LogP contribution in [0.3, 0.4) is 0 Å². The Morgan fingerprint density at radius 1 is 1.07 bits per heavy atom. The minimum atomic E-state index is -0.521. The highest BCUT2D eigenvalue weighted by Gasteiger charge is 2.66. The van der Waals surface area contributed by atoms with E-state index in [1.807, 2.05) is 0 Å². The smallest absolute Gasteiger partial charge is 0.139 e. The molecule has 28 heavy (non-hydrogen) atoms. The standard InChI is InChI=1S/C24H39NO2S/c1-15-12-18-19-4-5-21(26)22(19,2)9-7-20(18)23(3)10-6-16(13-24(15,23)27)28-17-8-11-25-14-17/h15-20,25,27H,4-14H2,1-3H3/t15-,16+,17-,18-,19-,20-,22-,23+,24-/m0/s1. The zero-order chi connectivity index (χ0) is 19.7. The molecule has 4 heteroatoms. The second-order valence-corrected chi connectivity index (χ2v) is 13.0. The normalized spacial score (nSPS) is 56.2. The van der Waals surface area contributed by atoms with Gasteiger partial charge in [0.2, 0.25) is 0 Å². The van der Waals surface area contributed by atoms with E-state index in [2.05, 4.69) is 37.8 Å². The van der Waals surface area contributed by atoms with Crippen LogP contribution in [0.4, 0.5) is 0 Å². The van der Waals surface area contributed by atoms with Crippen LogP contribution in [0.15, 0.2) is 0 Å². The molecule has 5 fully saturated rings. The van der Waals surface area contributed by atoms with Crippen LogP contribution in [-0.4, -0.2) is 40.1 Å². The third-order valence-corrected chi connectivity index (χ3v) is 11.9. The maximum atomic E-state index is 12.7. The Morgan fingerprint density at radius 3 is 2.64 bits per heavy atom. The number of rotatable bonds is 2. The average molecular weight is 406 g/mol. The maximum Gasteiger partial charge on any atom is 0.139 e. The summed E-state index contributed by atoms with van der Waals surface area (Å²) < 4.78 is 0. The first kappa shape index (κ1) is 19.9. The van der Waals surface area contributed by atoms with Crippen molar-refractivity contribution in [2.24, 2.45) is 34.5 Å². The van der Waals surface area contributed by atoms with Crippen LogP contribution in [-0.2, 0) is 4.79 Å². The summed E-state index contributed by atoms with van der Waals surface area (Å²) in [4.78, 5) is 12.7. The van der Waals surface area contributed by atoms with Gasteiger partial charge < -0.3 is 10.4 Å². The quantitative estimate of drug-likeness (QED) is 0.714. The summed E-state index contributed by atoms with van der Waals surface area (Å²) >= 11 is 2.16. The van der Waals surface area contributed by atoms with Gasteiger partial charge in [0.25, 0.3) is 0 Å². The zero-order valence-corrected chi connectivity index (χ0v) is 18.8. The van der Waals surface area contributed by atoms with Crippen molar-refractivity contribution in [3.63, 3.8) is 0 Å². The van der Waals surface area contributed by atoms with Gasteiger partial charge in [-0.2, -0.15) is 11.8 Å². The third-order valence-electron chi connectivity index (χ3n) is 10.3. The topological polar surface area (TPSA) is 49.3 Å². The molecular weight excluding hydrogens is 366 g/mol. The van der Waals surface area contributed by atoms with Gasteiger partial charge in [0.15, 0.2) is 0 Å². The lowest BCUT2D eigenvalue weighted by atomic mass is 9.41. The van der Waals surface area contributed by atoms with Crippen LogP contribution in [0, 0.1) is 34.5 Å². The molecule has 1 heterocycles. The number of hydrogen-bond acceptors (Lipinski definition) is 4. The molecule has 0 aromatic carbocycles. The second kappa shape index (κ2) is 6.72. The minimum Gasteiger partial charge on any atom is -0.389 e. The zero-order valence-electron chi connectivity index (χ0n) is 18.0. The van der Waals surface area contributed by atoms with Crippen LogP contribution in [0.25, 0.3) is 0 Å². The highest BCUT2D eigenvalue weighted by molar-refractivity contribution is 8.00. The molecule has 158 valence electrons. The molecule has 0 radical (unpaired) electrons. The van der Waals surface area contributed by atoms with Crippen molar-refractivity contribution in [1.29, 1.82) is 0 Å². The predicted octanol–water partition coefficient (Wildman–Crippen LogP) is 4.42. The number of nitrogens with one attached hydrogen (secondary N) is 1. The van der Waals surface area contributed by atoms with Crippen LogP contribution in [0.2, 0.25) is 0 Å². The van der Waals surface area contributed by atoms with Crippen molar-refractivity contribution < 1.29 is 9.90 Å². The summed E-state index contributed by atoms with van der Waals surface area (Å²) in [6.45, 7) is 9.32. The van der Waals surface area contributed by atoms with Crippen LogP contribution >= 0.6 is 11.8 Å². The van der Waals surface area contributed by atoms with Crippen molar-refractivity contribution in [2.75, 3.05) is 13.1 Å². The molecule has 0 aromatic heterocycles. The fourth-order valence-corrected chi connectivity index (χ4v) is 10.2. The molecule has 0 unspecified atom stereocenters. The molecule has 9 atom stereocenters. The Morgan fingerprint density at radius 2 is 1.89 bits per heavy atom. The Labute approximate surface area is 175 Å². The molecule has 1 saturated heterocycles. The average Bonchev–Trinajstić information content (AvgIpc) is 3.26. The fraction of sp³-hybridized carbons (Fsp3) is 0.958. The van der Waals surface area contributed by atoms with E-state index in [1.54, 1.807) is 0 Å². The first-order valence-corrected chi connectivity index (χ1v) is 12.8. The third kappa shape index (κ3) is 2.66. The molecule has 0 bridgehead atoms. The first-order valence-electron chi connectivity index (χ1n) is 11.9. The predicted molar refractivity (Wildman–Crippen MR) is 115 cm³/mol. The fourth-order valence-electron chi connectivity index (χ4n) is 8.54. The van der Waals surface area contributed by atoms with E-state index in [0.717, 1.165) is 56.9 Å². The van der Waals surface area contributed by atoms with E-state index in [4.69, 9.17) is 0 Å². The number of fused-ring (bicyclic) bond motifs is 5. The lowest BCUT2D eigenvalue weighted by Gasteiger charge is -2.65. The van der Waals surface area contributed by atoms with Crippen LogP contribution in [0.5, 0.6) is 0 Å². The van der Waals surface area contributed by atoms with Gasteiger partial charge in [-0.3, -0.25) is 4.79 Å². The van der Waals surface area contributed by atoms with E-state index in [9.17, 15) is 9.90 Å². The van der Waals surface area contributed by atoms with Crippen molar-refractivity contribution in [1.82, 2.24) is 5.32 Å². The Kier molecular flexibility index (Phi) is 4.77. The SMILES string of the molecule is C[C@H]1C[C@H]2[C@@H]3CCC(=O)[C@@]3(C)CC[C@@H]2[C@@]2(C)CC[C@@H](S[C@H]3CCNC3)C[C@]12O. The van der Waals surface area contributed by atoms with Crippen LogP contribution < -0.4 is 5.32 Å². The van der Waals surface area contributed by atoms with E-state index < -0.39 is 5.60 Å². The number of Topliss-reactive ketones (excluding diaryl/α,β-unsaturated/α-hetero) is 1. The number of ketones is 1. The summed E-state index contributed by atoms with van der Waals surface area (Å²) in [5.74, 6) is 2.70. The van der Waals surface area contributed by atoms with Gasteiger partial charge in [-0.05, 0) is 87.0 Å². The molecule has 4 saturated carbocycles. The van der Waals surface area contributed by atoms with E-state index in [-0.39, 0.29) is 10.8 Å². The molecule has 0 amide bonds. The Balaban J connectivity index is 1.39. The van der Waals surface area contributed by atoms with Crippen LogP contribution in [0.1, 0.15) is 78.6 Å². The van der Waals surface area contributed by atoms with Crippen molar-refractivity contribution in [2.45, 2.75) is 94.7 Å². The summed E-state index contributed by atoms with van der Waals surface area (Å²) in [6, 6.07) is 0. The molecule has 0 spiro atoms. The monoisotopic (exact) mass is 405 g/mol. The Bertz CT molecular complexity index is 649. The Hall–Kier alpha value is -0.0600. The molecular formula is C24H39NO2S. The first-order chi connectivity index (χ1) is 13.3. The lowest BCUT2D eigenvalue weighted by molar-refractivity contribution is -0.226. The van der Waals surface area contributed by atoms with Gasteiger partial charge in [0.1, 0.15) is 5.78 Å². The highest BCUT2D eigenvalue weighted by atomic mass is 32.2. The van der Waals surface area contributed by atoms with Gasteiger partial charge in [0.05, 0.1) is 5.60 Å². The molecule has 4 aliphatic carbocycles. The van der Waals surface area contributed by atoms with Gasteiger partial charge in [-0.25, -0.2) is 0 Å². The van der Waals surface area contributed by atoms with Gasteiger partial charge >= 0.3 is 0 Å². The maximum absolute atomic E-state index is 12.7.